The van der Waals surface area contributed by atoms with Gasteiger partial charge < -0.3 is 4.42 Å². The predicted molar refractivity (Wildman–Crippen MR) is 205 cm³/mol. The summed E-state index contributed by atoms with van der Waals surface area (Å²) in [4.78, 5) is 20.6. The van der Waals surface area contributed by atoms with Crippen molar-refractivity contribution in [3.05, 3.63) is 158 Å². The fourth-order valence-corrected chi connectivity index (χ4v) is 7.90. The van der Waals surface area contributed by atoms with E-state index in [-0.39, 0.29) is 0 Å². The maximum Gasteiger partial charge on any atom is 0.161 e. The van der Waals surface area contributed by atoms with Crippen LogP contribution in [0.5, 0.6) is 0 Å². The minimum absolute atomic E-state index is 0.643. The van der Waals surface area contributed by atoms with E-state index >= 15 is 0 Å². The molecule has 0 unspecified atom stereocenters. The molecule has 0 saturated carbocycles. The molecule has 4 aromatic heterocycles. The van der Waals surface area contributed by atoms with Crippen LogP contribution in [0, 0.1) is 0 Å². The first-order chi connectivity index (χ1) is 24.8. The Balaban J connectivity index is 1.22. The fourth-order valence-electron chi connectivity index (χ4n) is 6.74. The van der Waals surface area contributed by atoms with Gasteiger partial charge in [0.15, 0.2) is 11.6 Å². The molecule has 10 aromatic rings. The van der Waals surface area contributed by atoms with Crippen molar-refractivity contribution >= 4 is 53.6 Å². The summed E-state index contributed by atoms with van der Waals surface area (Å²) in [7, 11) is 0. The summed E-state index contributed by atoms with van der Waals surface area (Å²) in [6.07, 6.45) is 0. The largest absolute Gasteiger partial charge is 0.456 e. The predicted octanol–water partition coefficient (Wildman–Crippen LogP) is 11.9. The van der Waals surface area contributed by atoms with Crippen LogP contribution < -0.4 is 0 Å². The van der Waals surface area contributed by atoms with Crippen molar-refractivity contribution in [3.63, 3.8) is 0 Å². The Bertz CT molecular complexity index is 2810. The normalized spacial score (nSPS) is 11.6. The summed E-state index contributed by atoms with van der Waals surface area (Å²) >= 11 is 1.73. The van der Waals surface area contributed by atoms with E-state index in [4.69, 9.17) is 24.4 Å². The number of thiophene rings is 1. The van der Waals surface area contributed by atoms with E-state index in [0.717, 1.165) is 82.4 Å². The lowest BCUT2D eigenvalue weighted by Gasteiger charge is -2.10. The number of benzene rings is 6. The van der Waals surface area contributed by atoms with Crippen LogP contribution in [0.15, 0.2) is 162 Å². The molecular weight excluding hydrogens is 633 g/mol. The Morgan fingerprint density at radius 3 is 1.82 bits per heavy atom. The zero-order chi connectivity index (χ0) is 33.0. The van der Waals surface area contributed by atoms with Crippen LogP contribution in [0.2, 0.25) is 0 Å². The van der Waals surface area contributed by atoms with Gasteiger partial charge in [0.25, 0.3) is 0 Å². The van der Waals surface area contributed by atoms with Gasteiger partial charge in [0.05, 0.1) is 27.3 Å². The molecule has 0 N–H and O–H groups in total. The van der Waals surface area contributed by atoms with Crippen LogP contribution in [-0.2, 0) is 0 Å². The molecule has 50 heavy (non-hydrogen) atoms. The van der Waals surface area contributed by atoms with E-state index in [1.54, 1.807) is 11.3 Å². The highest BCUT2D eigenvalue weighted by Crippen LogP contribution is 2.42. The van der Waals surface area contributed by atoms with Gasteiger partial charge in [-0.1, -0.05) is 121 Å². The first-order valence-corrected chi connectivity index (χ1v) is 17.3. The second-order valence-electron chi connectivity index (χ2n) is 12.2. The van der Waals surface area contributed by atoms with E-state index in [2.05, 4.69) is 91.0 Å². The molecule has 4 heterocycles. The van der Waals surface area contributed by atoms with E-state index in [1.807, 2.05) is 66.7 Å². The minimum Gasteiger partial charge on any atom is -0.456 e. The summed E-state index contributed by atoms with van der Waals surface area (Å²) < 4.78 is 8.72. The Morgan fingerprint density at radius 2 is 1.10 bits per heavy atom. The molecule has 0 aliphatic heterocycles. The summed E-state index contributed by atoms with van der Waals surface area (Å²) in [5.41, 5.74) is 10.1. The molecule has 5 nitrogen and oxygen atoms in total. The van der Waals surface area contributed by atoms with Crippen LogP contribution in [0.25, 0.3) is 98.8 Å². The Labute approximate surface area is 291 Å². The van der Waals surface area contributed by atoms with Crippen molar-refractivity contribution in [2.75, 3.05) is 0 Å². The molecule has 6 aromatic carbocycles. The zero-order valence-electron chi connectivity index (χ0n) is 26.6. The van der Waals surface area contributed by atoms with E-state index < -0.39 is 0 Å². The third-order valence-electron chi connectivity index (χ3n) is 9.13. The molecule has 0 aliphatic rings. The zero-order valence-corrected chi connectivity index (χ0v) is 27.4. The number of aromatic nitrogens is 4. The number of rotatable bonds is 5. The molecule has 6 heteroatoms. The van der Waals surface area contributed by atoms with Gasteiger partial charge in [-0.3, -0.25) is 0 Å². The first kappa shape index (κ1) is 28.5. The topological polar surface area (TPSA) is 64.7 Å². The van der Waals surface area contributed by atoms with Crippen molar-refractivity contribution in [1.29, 1.82) is 0 Å². The molecule has 234 valence electrons. The number of furan rings is 1. The number of hydrogen-bond donors (Lipinski definition) is 0. The molecule has 0 amide bonds. The SMILES string of the molecule is c1ccc(-c2cc(-c3ccccc3)nc(-c3cccc4oc5ccc(-c6nc(-c7ccccc7)nc7c6sc6ccccc67)cc5c34)n2)cc1. The molecule has 0 bridgehead atoms. The number of nitrogens with zero attached hydrogens (tertiary/aromatic N) is 4. The van der Waals surface area contributed by atoms with Crippen LogP contribution in [0.1, 0.15) is 0 Å². The summed E-state index contributed by atoms with van der Waals surface area (Å²) in [5, 5.41) is 3.09. The molecular formula is C44H26N4OS. The van der Waals surface area contributed by atoms with Crippen molar-refractivity contribution in [3.8, 4) is 56.5 Å². The molecule has 0 fully saturated rings. The second kappa shape index (κ2) is 11.6. The van der Waals surface area contributed by atoms with E-state index in [9.17, 15) is 0 Å². The highest BCUT2D eigenvalue weighted by Gasteiger charge is 2.20. The lowest BCUT2D eigenvalue weighted by Crippen LogP contribution is -1.96. The quantitative estimate of drug-likeness (QED) is 0.184. The lowest BCUT2D eigenvalue weighted by molar-refractivity contribution is 0.669. The third kappa shape index (κ3) is 4.77. The summed E-state index contributed by atoms with van der Waals surface area (Å²) in [6.45, 7) is 0. The first-order valence-electron chi connectivity index (χ1n) is 16.5. The minimum atomic E-state index is 0.643. The van der Waals surface area contributed by atoms with Gasteiger partial charge in [-0.25, -0.2) is 19.9 Å². The molecule has 10 rings (SSSR count). The summed E-state index contributed by atoms with van der Waals surface area (Å²) in [6, 6.07) is 53.7. The van der Waals surface area contributed by atoms with Gasteiger partial charge in [0.1, 0.15) is 11.2 Å². The van der Waals surface area contributed by atoms with Crippen LogP contribution in [-0.4, -0.2) is 19.9 Å². The van der Waals surface area contributed by atoms with Gasteiger partial charge in [-0.2, -0.15) is 0 Å². The molecule has 0 spiro atoms. The Hall–Kier alpha value is -6.50. The Morgan fingerprint density at radius 1 is 0.440 bits per heavy atom. The van der Waals surface area contributed by atoms with Crippen molar-refractivity contribution < 1.29 is 4.42 Å². The van der Waals surface area contributed by atoms with Crippen LogP contribution >= 0.6 is 11.3 Å². The average Bonchev–Trinajstić information content (AvgIpc) is 3.76. The Kier molecular flexibility index (Phi) is 6.60. The van der Waals surface area contributed by atoms with Gasteiger partial charge >= 0.3 is 0 Å². The highest BCUT2D eigenvalue weighted by atomic mass is 32.1. The van der Waals surface area contributed by atoms with Gasteiger partial charge in [0, 0.05) is 48.7 Å². The van der Waals surface area contributed by atoms with E-state index in [0.29, 0.717) is 11.6 Å². The number of fused-ring (bicyclic) bond motifs is 6. The van der Waals surface area contributed by atoms with Crippen molar-refractivity contribution in [2.45, 2.75) is 0 Å². The molecule has 0 atom stereocenters. The van der Waals surface area contributed by atoms with Crippen molar-refractivity contribution in [1.82, 2.24) is 19.9 Å². The summed E-state index contributed by atoms with van der Waals surface area (Å²) in [5.74, 6) is 1.35. The maximum absolute atomic E-state index is 6.48. The van der Waals surface area contributed by atoms with E-state index in [1.165, 1.54) is 4.70 Å². The molecule has 0 radical (unpaired) electrons. The third-order valence-corrected chi connectivity index (χ3v) is 10.3. The van der Waals surface area contributed by atoms with Gasteiger partial charge in [0.2, 0.25) is 0 Å². The van der Waals surface area contributed by atoms with Gasteiger partial charge in [-0.15, -0.1) is 11.3 Å². The fraction of sp³-hybridized carbons (Fsp3) is 0. The van der Waals surface area contributed by atoms with Crippen LogP contribution in [0.4, 0.5) is 0 Å². The average molecular weight is 659 g/mol. The molecule has 0 aliphatic carbocycles. The monoisotopic (exact) mass is 658 g/mol. The molecule has 0 saturated heterocycles. The maximum atomic E-state index is 6.48. The van der Waals surface area contributed by atoms with Crippen LogP contribution in [0.3, 0.4) is 0 Å². The number of hydrogen-bond acceptors (Lipinski definition) is 6. The second-order valence-corrected chi connectivity index (χ2v) is 13.3. The standard InChI is InChI=1S/C44H26N4OS/c1-4-13-27(14-5-1)34-26-35(28-15-6-2-7-16-28)46-44(45-34)32-20-12-21-37-39(32)33-25-30(23-24-36(33)49-37)40-42-41(31-19-10-11-22-38(31)50-42)48-43(47-40)29-17-8-3-9-18-29/h1-26H. The highest BCUT2D eigenvalue weighted by molar-refractivity contribution is 7.26. The lowest BCUT2D eigenvalue weighted by atomic mass is 10.0. The van der Waals surface area contributed by atoms with Gasteiger partial charge in [-0.05, 0) is 36.4 Å². The smallest absolute Gasteiger partial charge is 0.161 e. The van der Waals surface area contributed by atoms with Crippen molar-refractivity contribution in [2.24, 2.45) is 0 Å².